The Bertz CT molecular complexity index is 674. The monoisotopic (exact) mass is 339 g/mol. The molecule has 2 aromatic rings. The molecule has 1 N–H and O–H groups in total. The van der Waals surface area contributed by atoms with Crippen molar-refractivity contribution < 1.29 is 9.53 Å². The lowest BCUT2D eigenvalue weighted by Gasteiger charge is -2.22. The van der Waals surface area contributed by atoms with Crippen LogP contribution in [0.15, 0.2) is 54.6 Å². The Kier molecular flexibility index (Phi) is 6.63. The number of carbonyl (C=O) groups excluding carboxylic acids is 1. The minimum Gasteiger partial charge on any atom is -0.483 e. The van der Waals surface area contributed by atoms with Gasteiger partial charge in [0.2, 0.25) is 0 Å². The van der Waals surface area contributed by atoms with Crippen LogP contribution in [0, 0.1) is 0 Å². The summed E-state index contributed by atoms with van der Waals surface area (Å²) in [5.74, 6) is 0.700. The summed E-state index contributed by atoms with van der Waals surface area (Å²) in [6.07, 6.45) is 1.87. The molecular formula is C22H29NO2. The van der Waals surface area contributed by atoms with E-state index in [2.05, 4.69) is 44.3 Å². The van der Waals surface area contributed by atoms with E-state index in [-0.39, 0.29) is 24.0 Å². The van der Waals surface area contributed by atoms with E-state index >= 15 is 0 Å². The predicted molar refractivity (Wildman–Crippen MR) is 103 cm³/mol. The number of para-hydroxylation sites is 1. The molecule has 0 aromatic heterocycles. The van der Waals surface area contributed by atoms with Gasteiger partial charge >= 0.3 is 0 Å². The Hall–Kier alpha value is -2.29. The van der Waals surface area contributed by atoms with Crippen LogP contribution >= 0.6 is 0 Å². The van der Waals surface area contributed by atoms with E-state index in [9.17, 15) is 4.79 Å². The van der Waals surface area contributed by atoms with Crippen LogP contribution in [0.2, 0.25) is 0 Å². The van der Waals surface area contributed by atoms with Gasteiger partial charge < -0.3 is 10.1 Å². The standard InChI is InChI=1S/C22H29NO2/c1-17(14-15-18-10-6-5-7-11-18)23-21(24)16-25-20-13-9-8-12-19(20)22(2,3)4/h5-13,17H,14-16H2,1-4H3,(H,23,24)/t17-/m1/s1. The van der Waals surface area contributed by atoms with Gasteiger partial charge in [0.1, 0.15) is 5.75 Å². The first-order chi connectivity index (χ1) is 11.9. The highest BCUT2D eigenvalue weighted by Crippen LogP contribution is 2.30. The quantitative estimate of drug-likeness (QED) is 0.806. The Morgan fingerprint density at radius 2 is 1.68 bits per heavy atom. The molecule has 1 amide bonds. The topological polar surface area (TPSA) is 38.3 Å². The van der Waals surface area contributed by atoms with Gasteiger partial charge in [-0.25, -0.2) is 0 Å². The van der Waals surface area contributed by atoms with Crippen LogP contribution in [0.4, 0.5) is 0 Å². The molecule has 0 saturated heterocycles. The van der Waals surface area contributed by atoms with Crippen LogP contribution in [-0.4, -0.2) is 18.6 Å². The van der Waals surface area contributed by atoms with Crippen LogP contribution in [0.3, 0.4) is 0 Å². The van der Waals surface area contributed by atoms with Crippen LogP contribution in [0.25, 0.3) is 0 Å². The molecule has 0 aliphatic carbocycles. The summed E-state index contributed by atoms with van der Waals surface area (Å²) >= 11 is 0. The first-order valence-corrected chi connectivity index (χ1v) is 8.92. The SMILES string of the molecule is C[C@H](CCc1ccccc1)NC(=O)COc1ccccc1C(C)(C)C. The van der Waals surface area contributed by atoms with E-state index in [1.807, 2.05) is 43.3 Å². The van der Waals surface area contributed by atoms with E-state index in [0.717, 1.165) is 24.2 Å². The molecule has 1 atom stereocenters. The molecule has 0 bridgehead atoms. The second kappa shape index (κ2) is 8.70. The lowest BCUT2D eigenvalue weighted by Crippen LogP contribution is -2.36. The number of hydrogen-bond acceptors (Lipinski definition) is 2. The molecule has 2 aromatic carbocycles. The molecule has 0 heterocycles. The maximum Gasteiger partial charge on any atom is 0.258 e. The number of hydrogen-bond donors (Lipinski definition) is 1. The van der Waals surface area contributed by atoms with E-state index in [4.69, 9.17) is 4.74 Å². The highest BCUT2D eigenvalue weighted by molar-refractivity contribution is 5.77. The number of nitrogens with one attached hydrogen (secondary N) is 1. The maximum atomic E-state index is 12.2. The molecule has 3 nitrogen and oxygen atoms in total. The molecule has 134 valence electrons. The zero-order valence-electron chi connectivity index (χ0n) is 15.7. The van der Waals surface area contributed by atoms with Crippen molar-refractivity contribution in [3.05, 3.63) is 65.7 Å². The molecular weight excluding hydrogens is 310 g/mol. The summed E-state index contributed by atoms with van der Waals surface area (Å²) in [5.41, 5.74) is 2.38. The van der Waals surface area contributed by atoms with Crippen molar-refractivity contribution in [3.8, 4) is 5.75 Å². The fraction of sp³-hybridized carbons (Fsp3) is 0.409. The van der Waals surface area contributed by atoms with Crippen molar-refractivity contribution in [1.82, 2.24) is 5.32 Å². The average Bonchev–Trinajstić information content (AvgIpc) is 2.58. The predicted octanol–water partition coefficient (Wildman–Crippen LogP) is 4.50. The summed E-state index contributed by atoms with van der Waals surface area (Å²) in [6.45, 7) is 8.50. The minimum atomic E-state index is -0.0794. The third-order valence-corrected chi connectivity index (χ3v) is 4.17. The lowest BCUT2D eigenvalue weighted by atomic mass is 9.86. The Labute approximate surface area is 151 Å². The van der Waals surface area contributed by atoms with Gasteiger partial charge in [-0.1, -0.05) is 69.3 Å². The van der Waals surface area contributed by atoms with Crippen LogP contribution in [0.5, 0.6) is 5.75 Å². The number of aryl methyl sites for hydroxylation is 1. The van der Waals surface area contributed by atoms with Crippen LogP contribution in [-0.2, 0) is 16.6 Å². The second-order valence-corrected chi connectivity index (χ2v) is 7.53. The molecule has 25 heavy (non-hydrogen) atoms. The van der Waals surface area contributed by atoms with Gasteiger partial charge in [-0.05, 0) is 42.4 Å². The smallest absolute Gasteiger partial charge is 0.258 e. The molecule has 0 spiro atoms. The lowest BCUT2D eigenvalue weighted by molar-refractivity contribution is -0.123. The molecule has 0 saturated carbocycles. The molecule has 0 fully saturated rings. The van der Waals surface area contributed by atoms with Crippen molar-refractivity contribution in [2.45, 2.75) is 52.0 Å². The highest BCUT2D eigenvalue weighted by atomic mass is 16.5. The van der Waals surface area contributed by atoms with Crippen molar-refractivity contribution in [1.29, 1.82) is 0 Å². The van der Waals surface area contributed by atoms with Gasteiger partial charge in [0.05, 0.1) is 0 Å². The molecule has 0 aliphatic heterocycles. The van der Waals surface area contributed by atoms with Gasteiger partial charge in [-0.3, -0.25) is 4.79 Å². The van der Waals surface area contributed by atoms with E-state index in [1.165, 1.54) is 5.56 Å². The van der Waals surface area contributed by atoms with Crippen LogP contribution in [0.1, 0.15) is 45.2 Å². The van der Waals surface area contributed by atoms with Gasteiger partial charge in [0.25, 0.3) is 5.91 Å². The molecule has 2 rings (SSSR count). The zero-order chi connectivity index (χ0) is 18.3. The largest absolute Gasteiger partial charge is 0.483 e. The van der Waals surface area contributed by atoms with Gasteiger partial charge in [-0.15, -0.1) is 0 Å². The van der Waals surface area contributed by atoms with E-state index in [0.29, 0.717) is 0 Å². The van der Waals surface area contributed by atoms with Crippen molar-refractivity contribution in [2.24, 2.45) is 0 Å². The number of ether oxygens (including phenoxy) is 1. The molecule has 0 unspecified atom stereocenters. The third-order valence-electron chi connectivity index (χ3n) is 4.17. The summed E-state index contributed by atoms with van der Waals surface area (Å²) < 4.78 is 5.78. The maximum absolute atomic E-state index is 12.2. The third kappa shape index (κ3) is 6.26. The summed E-state index contributed by atoms with van der Waals surface area (Å²) in [5, 5.41) is 3.01. The highest BCUT2D eigenvalue weighted by Gasteiger charge is 2.19. The molecule has 3 heteroatoms. The normalized spacial score (nSPS) is 12.5. The Morgan fingerprint density at radius 3 is 2.36 bits per heavy atom. The van der Waals surface area contributed by atoms with Gasteiger partial charge in [0, 0.05) is 6.04 Å². The molecule has 0 radical (unpaired) electrons. The fourth-order valence-corrected chi connectivity index (χ4v) is 2.77. The molecule has 0 aliphatic rings. The number of benzene rings is 2. The van der Waals surface area contributed by atoms with Crippen molar-refractivity contribution in [2.75, 3.05) is 6.61 Å². The second-order valence-electron chi connectivity index (χ2n) is 7.53. The number of carbonyl (C=O) groups is 1. The number of rotatable bonds is 7. The van der Waals surface area contributed by atoms with Gasteiger partial charge in [0.15, 0.2) is 6.61 Å². The minimum absolute atomic E-state index is 0.0178. The Morgan fingerprint density at radius 1 is 1.04 bits per heavy atom. The van der Waals surface area contributed by atoms with E-state index < -0.39 is 0 Å². The zero-order valence-corrected chi connectivity index (χ0v) is 15.7. The van der Waals surface area contributed by atoms with Gasteiger partial charge in [-0.2, -0.15) is 0 Å². The fourth-order valence-electron chi connectivity index (χ4n) is 2.77. The first kappa shape index (κ1) is 19.0. The Balaban J connectivity index is 1.81. The van der Waals surface area contributed by atoms with Crippen molar-refractivity contribution in [3.63, 3.8) is 0 Å². The summed E-state index contributed by atoms with van der Waals surface area (Å²) in [4.78, 5) is 12.2. The first-order valence-electron chi connectivity index (χ1n) is 8.92. The number of amides is 1. The average molecular weight is 339 g/mol. The van der Waals surface area contributed by atoms with Crippen molar-refractivity contribution >= 4 is 5.91 Å². The van der Waals surface area contributed by atoms with E-state index in [1.54, 1.807) is 0 Å². The summed E-state index contributed by atoms with van der Waals surface area (Å²) in [7, 11) is 0. The summed E-state index contributed by atoms with van der Waals surface area (Å²) in [6, 6.07) is 18.4. The van der Waals surface area contributed by atoms with Crippen LogP contribution < -0.4 is 10.1 Å².